The number of carbonyl (C=O) groups is 2. The molecule has 1 saturated heterocycles. The summed E-state index contributed by atoms with van der Waals surface area (Å²) in [5.41, 5.74) is -0.819. The van der Waals surface area contributed by atoms with Crippen LogP contribution in [0, 0.1) is 5.41 Å². The van der Waals surface area contributed by atoms with Crippen LogP contribution in [0.3, 0.4) is 0 Å². The zero-order valence-corrected chi connectivity index (χ0v) is 11.5. The normalized spacial score (nSPS) is 29.9. The Morgan fingerprint density at radius 3 is 2.63 bits per heavy atom. The molecule has 1 aliphatic heterocycles. The van der Waals surface area contributed by atoms with E-state index in [0.717, 1.165) is 25.7 Å². The molecule has 5 heteroatoms. The fraction of sp³-hybridized carbons (Fsp3) is 0.857. The molecule has 2 rings (SSSR count). The van der Waals surface area contributed by atoms with Gasteiger partial charge < -0.3 is 15.2 Å². The van der Waals surface area contributed by atoms with Gasteiger partial charge in [0.15, 0.2) is 0 Å². The molecule has 1 aliphatic carbocycles. The van der Waals surface area contributed by atoms with Crippen molar-refractivity contribution in [1.29, 1.82) is 0 Å². The summed E-state index contributed by atoms with van der Waals surface area (Å²) < 4.78 is 5.44. The monoisotopic (exact) mass is 269 g/mol. The largest absolute Gasteiger partial charge is 0.481 e. The molecule has 108 valence electrons. The lowest BCUT2D eigenvalue weighted by Gasteiger charge is -2.29. The first-order valence-electron chi connectivity index (χ1n) is 7.16. The van der Waals surface area contributed by atoms with Gasteiger partial charge in [0.25, 0.3) is 0 Å². The van der Waals surface area contributed by atoms with Crippen molar-refractivity contribution in [3.63, 3.8) is 0 Å². The van der Waals surface area contributed by atoms with E-state index in [9.17, 15) is 14.7 Å². The van der Waals surface area contributed by atoms with Crippen LogP contribution in [-0.4, -0.2) is 35.7 Å². The van der Waals surface area contributed by atoms with Gasteiger partial charge >= 0.3 is 5.97 Å². The number of carboxylic acids is 1. The number of rotatable bonds is 4. The molecule has 1 heterocycles. The molecule has 0 aromatic rings. The number of hydrogen-bond acceptors (Lipinski definition) is 3. The van der Waals surface area contributed by atoms with Crippen molar-refractivity contribution < 1.29 is 19.4 Å². The Kier molecular flexibility index (Phi) is 4.45. The first-order valence-corrected chi connectivity index (χ1v) is 7.16. The van der Waals surface area contributed by atoms with Crippen LogP contribution < -0.4 is 5.32 Å². The molecule has 2 atom stereocenters. The van der Waals surface area contributed by atoms with Gasteiger partial charge in [-0.1, -0.05) is 12.8 Å². The smallest absolute Gasteiger partial charge is 0.310 e. The van der Waals surface area contributed by atoms with Gasteiger partial charge in [0.05, 0.1) is 11.5 Å². The number of nitrogens with one attached hydrogen (secondary N) is 1. The summed E-state index contributed by atoms with van der Waals surface area (Å²) in [6.45, 7) is 2.66. The predicted octanol–water partition coefficient (Wildman–Crippen LogP) is 1.71. The summed E-state index contributed by atoms with van der Waals surface area (Å²) in [5, 5.41) is 12.3. The average molecular weight is 269 g/mol. The van der Waals surface area contributed by atoms with Gasteiger partial charge in [0.2, 0.25) is 5.91 Å². The second-order valence-electron chi connectivity index (χ2n) is 5.94. The maximum Gasteiger partial charge on any atom is 0.310 e. The highest BCUT2D eigenvalue weighted by atomic mass is 16.5. The number of amides is 1. The fourth-order valence-electron chi connectivity index (χ4n) is 3.23. The van der Waals surface area contributed by atoms with E-state index in [2.05, 4.69) is 5.32 Å². The second kappa shape index (κ2) is 5.90. The number of carbonyl (C=O) groups excluding carboxylic acids is 1. The third kappa shape index (κ3) is 3.47. The lowest BCUT2D eigenvalue weighted by atomic mass is 9.82. The number of ether oxygens (including phenoxy) is 1. The van der Waals surface area contributed by atoms with E-state index >= 15 is 0 Å². The molecule has 1 saturated carbocycles. The molecule has 2 unspecified atom stereocenters. The van der Waals surface area contributed by atoms with E-state index in [4.69, 9.17) is 4.74 Å². The summed E-state index contributed by atoms with van der Waals surface area (Å²) >= 11 is 0. The lowest BCUT2D eigenvalue weighted by molar-refractivity contribution is -0.151. The van der Waals surface area contributed by atoms with Crippen LogP contribution >= 0.6 is 0 Å². The van der Waals surface area contributed by atoms with E-state index in [1.165, 1.54) is 0 Å². The quantitative estimate of drug-likeness (QED) is 0.814. The molecule has 19 heavy (non-hydrogen) atoms. The van der Waals surface area contributed by atoms with Crippen LogP contribution in [0.2, 0.25) is 0 Å². The Morgan fingerprint density at radius 1 is 1.37 bits per heavy atom. The summed E-state index contributed by atoms with van der Waals surface area (Å²) in [7, 11) is 0. The second-order valence-corrected chi connectivity index (χ2v) is 5.94. The van der Waals surface area contributed by atoms with E-state index in [-0.39, 0.29) is 24.5 Å². The van der Waals surface area contributed by atoms with Gasteiger partial charge in [-0.25, -0.2) is 0 Å². The molecular formula is C14H23NO4. The van der Waals surface area contributed by atoms with Crippen molar-refractivity contribution in [3.05, 3.63) is 0 Å². The number of carboxylic acid groups (broad SMARTS) is 1. The third-order valence-corrected chi connectivity index (χ3v) is 4.36. The van der Waals surface area contributed by atoms with E-state index < -0.39 is 11.4 Å². The highest BCUT2D eigenvalue weighted by molar-refractivity contribution is 5.85. The van der Waals surface area contributed by atoms with Gasteiger partial charge in [-0.2, -0.15) is 0 Å². The van der Waals surface area contributed by atoms with Gasteiger partial charge in [0.1, 0.15) is 0 Å². The summed E-state index contributed by atoms with van der Waals surface area (Å²) in [6, 6.07) is 0.128. The van der Waals surface area contributed by atoms with E-state index in [1.54, 1.807) is 0 Å². The number of aliphatic carboxylic acids is 1. The Bertz CT molecular complexity index is 349. The molecule has 0 aromatic carbocycles. The van der Waals surface area contributed by atoms with Crippen molar-refractivity contribution in [2.75, 3.05) is 6.61 Å². The maximum absolute atomic E-state index is 12.1. The molecule has 2 aliphatic rings. The molecule has 0 aromatic heterocycles. The van der Waals surface area contributed by atoms with Gasteiger partial charge in [-0.15, -0.1) is 0 Å². The zero-order valence-electron chi connectivity index (χ0n) is 11.5. The van der Waals surface area contributed by atoms with Crippen LogP contribution in [0.25, 0.3) is 0 Å². The molecule has 0 bridgehead atoms. The SMILES string of the molecule is CC1CC(NC(=O)CC2(C(=O)O)CCCC2)CCO1. The molecule has 0 radical (unpaired) electrons. The van der Waals surface area contributed by atoms with E-state index in [0.29, 0.717) is 19.4 Å². The summed E-state index contributed by atoms with van der Waals surface area (Å²) in [6.07, 6.45) is 4.98. The fourth-order valence-corrected chi connectivity index (χ4v) is 3.23. The third-order valence-electron chi connectivity index (χ3n) is 4.36. The van der Waals surface area contributed by atoms with Crippen molar-refractivity contribution in [2.24, 2.45) is 5.41 Å². The van der Waals surface area contributed by atoms with E-state index in [1.807, 2.05) is 6.92 Å². The molecule has 1 amide bonds. The van der Waals surface area contributed by atoms with Crippen molar-refractivity contribution in [3.8, 4) is 0 Å². The zero-order chi connectivity index (χ0) is 13.9. The average Bonchev–Trinajstić information content (AvgIpc) is 2.78. The minimum absolute atomic E-state index is 0.119. The Labute approximate surface area is 113 Å². The highest BCUT2D eigenvalue weighted by Gasteiger charge is 2.43. The molecule has 2 N–H and O–H groups in total. The van der Waals surface area contributed by atoms with Crippen LogP contribution in [0.1, 0.15) is 51.9 Å². The maximum atomic E-state index is 12.1. The van der Waals surface area contributed by atoms with Crippen LogP contribution in [0.5, 0.6) is 0 Å². The van der Waals surface area contributed by atoms with Crippen LogP contribution in [-0.2, 0) is 14.3 Å². The summed E-state index contributed by atoms with van der Waals surface area (Å²) in [4.78, 5) is 23.5. The van der Waals surface area contributed by atoms with Crippen molar-refractivity contribution >= 4 is 11.9 Å². The van der Waals surface area contributed by atoms with Crippen LogP contribution in [0.4, 0.5) is 0 Å². The van der Waals surface area contributed by atoms with Gasteiger partial charge in [-0.05, 0) is 32.6 Å². The first-order chi connectivity index (χ1) is 9.02. The number of hydrogen-bond donors (Lipinski definition) is 2. The first kappa shape index (κ1) is 14.3. The lowest BCUT2D eigenvalue weighted by Crippen LogP contribution is -2.44. The topological polar surface area (TPSA) is 75.6 Å². The molecule has 0 spiro atoms. The highest BCUT2D eigenvalue weighted by Crippen LogP contribution is 2.41. The van der Waals surface area contributed by atoms with Gasteiger partial charge in [-0.3, -0.25) is 9.59 Å². The molecular weight excluding hydrogens is 246 g/mol. The summed E-state index contributed by atoms with van der Waals surface area (Å²) in [5.74, 6) is -0.941. The molecule has 2 fully saturated rings. The Hall–Kier alpha value is -1.10. The van der Waals surface area contributed by atoms with Crippen molar-refractivity contribution in [1.82, 2.24) is 5.32 Å². The molecule has 5 nitrogen and oxygen atoms in total. The van der Waals surface area contributed by atoms with Crippen molar-refractivity contribution in [2.45, 2.75) is 64.0 Å². The Balaban J connectivity index is 1.87. The van der Waals surface area contributed by atoms with Crippen LogP contribution in [0.15, 0.2) is 0 Å². The minimum Gasteiger partial charge on any atom is -0.481 e. The standard InChI is InChI=1S/C14H23NO4/c1-10-8-11(4-7-19-10)15-12(16)9-14(13(17)18)5-2-3-6-14/h10-11H,2-9H2,1H3,(H,15,16)(H,17,18). The minimum atomic E-state index is -0.819. The predicted molar refractivity (Wildman–Crippen MR) is 69.7 cm³/mol. The Morgan fingerprint density at radius 2 is 2.05 bits per heavy atom. The van der Waals surface area contributed by atoms with Gasteiger partial charge in [0, 0.05) is 19.1 Å².